The summed E-state index contributed by atoms with van der Waals surface area (Å²) in [6, 6.07) is 3.50. The van der Waals surface area contributed by atoms with Crippen molar-refractivity contribution in [2.45, 2.75) is 11.6 Å². The molecule has 0 spiro atoms. The molecule has 0 aliphatic heterocycles. The molecule has 2 aromatic rings. The fourth-order valence-corrected chi connectivity index (χ4v) is 2.67. The first-order chi connectivity index (χ1) is 9.04. The second-order valence-corrected chi connectivity index (χ2v) is 6.22. The number of rotatable bonds is 6. The standard InChI is InChI=1S/C10H11N3O4S2/c14-19(15,16)7-1-6-18-10-13-12-9(17-10)8-2-4-11-5-3-8/h2-5H,1,6-7H2,(H,14,15,16). The van der Waals surface area contributed by atoms with Gasteiger partial charge < -0.3 is 4.42 Å². The molecule has 1 N–H and O–H groups in total. The van der Waals surface area contributed by atoms with Crippen LogP contribution < -0.4 is 0 Å². The first kappa shape index (κ1) is 14.0. The molecule has 0 saturated carbocycles. The van der Waals surface area contributed by atoms with Crippen LogP contribution in [0.25, 0.3) is 11.5 Å². The molecule has 19 heavy (non-hydrogen) atoms. The molecule has 2 heterocycles. The van der Waals surface area contributed by atoms with E-state index in [1.54, 1.807) is 24.5 Å². The molecule has 7 nitrogen and oxygen atoms in total. The number of pyridine rings is 1. The lowest BCUT2D eigenvalue weighted by molar-refractivity contribution is 0.465. The molecule has 2 aromatic heterocycles. The Balaban J connectivity index is 1.88. The molecular formula is C10H11N3O4S2. The van der Waals surface area contributed by atoms with Gasteiger partial charge in [-0.3, -0.25) is 9.54 Å². The van der Waals surface area contributed by atoms with Gasteiger partial charge in [0.25, 0.3) is 15.3 Å². The molecule has 2 rings (SSSR count). The molecule has 0 fully saturated rings. The van der Waals surface area contributed by atoms with Gasteiger partial charge in [-0.15, -0.1) is 10.2 Å². The highest BCUT2D eigenvalue weighted by molar-refractivity contribution is 7.99. The summed E-state index contributed by atoms with van der Waals surface area (Å²) in [4.78, 5) is 3.89. The Morgan fingerprint density at radius 3 is 2.68 bits per heavy atom. The van der Waals surface area contributed by atoms with E-state index in [2.05, 4.69) is 15.2 Å². The van der Waals surface area contributed by atoms with Gasteiger partial charge in [0.2, 0.25) is 5.89 Å². The summed E-state index contributed by atoms with van der Waals surface area (Å²) in [5, 5.41) is 8.08. The van der Waals surface area contributed by atoms with E-state index in [1.165, 1.54) is 11.8 Å². The molecule has 0 bridgehead atoms. The quantitative estimate of drug-likeness (QED) is 0.486. The van der Waals surface area contributed by atoms with Crippen molar-refractivity contribution in [3.05, 3.63) is 24.5 Å². The van der Waals surface area contributed by atoms with Crippen LogP contribution in [0.4, 0.5) is 0 Å². The summed E-state index contributed by atoms with van der Waals surface area (Å²) in [7, 11) is -3.90. The first-order valence-corrected chi connectivity index (χ1v) is 7.96. The minimum Gasteiger partial charge on any atom is -0.411 e. The summed E-state index contributed by atoms with van der Waals surface area (Å²) >= 11 is 1.25. The van der Waals surface area contributed by atoms with Crippen LogP contribution in [0.2, 0.25) is 0 Å². The van der Waals surface area contributed by atoms with E-state index >= 15 is 0 Å². The van der Waals surface area contributed by atoms with Crippen molar-refractivity contribution in [1.29, 1.82) is 0 Å². The number of hydrogen-bond donors (Lipinski definition) is 1. The summed E-state index contributed by atoms with van der Waals surface area (Å²) in [6.07, 6.45) is 3.56. The highest BCUT2D eigenvalue weighted by Gasteiger charge is 2.09. The SMILES string of the molecule is O=S(=O)(O)CCCSc1nnc(-c2ccncc2)o1. The molecule has 0 aliphatic rings. The van der Waals surface area contributed by atoms with Gasteiger partial charge in [0, 0.05) is 23.7 Å². The lowest BCUT2D eigenvalue weighted by Crippen LogP contribution is -2.04. The van der Waals surface area contributed by atoms with Gasteiger partial charge in [0.15, 0.2) is 0 Å². The Bertz CT molecular complexity index is 627. The molecule has 9 heteroatoms. The van der Waals surface area contributed by atoms with E-state index in [-0.39, 0.29) is 5.75 Å². The second kappa shape index (κ2) is 6.13. The number of nitrogens with zero attached hydrogens (tertiary/aromatic N) is 3. The lowest BCUT2D eigenvalue weighted by atomic mass is 10.3. The topological polar surface area (TPSA) is 106 Å². The highest BCUT2D eigenvalue weighted by Crippen LogP contribution is 2.22. The zero-order valence-electron chi connectivity index (χ0n) is 9.76. The van der Waals surface area contributed by atoms with E-state index in [4.69, 9.17) is 8.97 Å². The fraction of sp³-hybridized carbons (Fsp3) is 0.300. The van der Waals surface area contributed by atoms with Crippen LogP contribution in [0.15, 0.2) is 34.2 Å². The van der Waals surface area contributed by atoms with Crippen LogP contribution in [0.1, 0.15) is 6.42 Å². The van der Waals surface area contributed by atoms with Gasteiger partial charge in [-0.25, -0.2) is 0 Å². The minimum absolute atomic E-state index is 0.272. The highest BCUT2D eigenvalue weighted by atomic mass is 32.2. The lowest BCUT2D eigenvalue weighted by Gasteiger charge is -1.95. The summed E-state index contributed by atoms with van der Waals surface area (Å²) in [5.41, 5.74) is 0.771. The van der Waals surface area contributed by atoms with Crippen LogP contribution in [0.3, 0.4) is 0 Å². The van der Waals surface area contributed by atoms with Crippen molar-refractivity contribution in [3.8, 4) is 11.5 Å². The average molecular weight is 301 g/mol. The largest absolute Gasteiger partial charge is 0.411 e. The summed E-state index contributed by atoms with van der Waals surface area (Å²) < 4.78 is 35.0. The molecule has 0 amide bonds. The molecule has 0 saturated heterocycles. The molecule has 0 radical (unpaired) electrons. The Morgan fingerprint density at radius 2 is 2.00 bits per heavy atom. The molecule has 102 valence electrons. The zero-order chi connectivity index (χ0) is 13.7. The third-order valence-electron chi connectivity index (χ3n) is 2.11. The molecule has 0 unspecified atom stereocenters. The van der Waals surface area contributed by atoms with Crippen LogP contribution in [0, 0.1) is 0 Å². The van der Waals surface area contributed by atoms with E-state index in [9.17, 15) is 8.42 Å². The molecular weight excluding hydrogens is 290 g/mol. The smallest absolute Gasteiger partial charge is 0.276 e. The molecule has 0 aromatic carbocycles. The number of hydrogen-bond acceptors (Lipinski definition) is 7. The van der Waals surface area contributed by atoms with Crippen molar-refractivity contribution in [3.63, 3.8) is 0 Å². The fourth-order valence-electron chi connectivity index (χ4n) is 1.28. The van der Waals surface area contributed by atoms with E-state index < -0.39 is 10.1 Å². The third kappa shape index (κ3) is 4.62. The van der Waals surface area contributed by atoms with Gasteiger partial charge in [-0.05, 0) is 18.6 Å². The Morgan fingerprint density at radius 1 is 1.26 bits per heavy atom. The second-order valence-electron chi connectivity index (χ2n) is 3.60. The zero-order valence-corrected chi connectivity index (χ0v) is 11.4. The van der Waals surface area contributed by atoms with Crippen LogP contribution >= 0.6 is 11.8 Å². The van der Waals surface area contributed by atoms with Gasteiger partial charge >= 0.3 is 0 Å². The van der Waals surface area contributed by atoms with Crippen molar-refractivity contribution >= 4 is 21.9 Å². The maximum atomic E-state index is 10.5. The van der Waals surface area contributed by atoms with Crippen molar-refractivity contribution in [2.75, 3.05) is 11.5 Å². The van der Waals surface area contributed by atoms with E-state index in [1.807, 2.05) is 0 Å². The first-order valence-electron chi connectivity index (χ1n) is 5.36. The van der Waals surface area contributed by atoms with Crippen molar-refractivity contribution in [1.82, 2.24) is 15.2 Å². The molecule has 0 atom stereocenters. The van der Waals surface area contributed by atoms with Gasteiger partial charge in [0.1, 0.15) is 0 Å². The average Bonchev–Trinajstić information content (AvgIpc) is 2.83. The monoisotopic (exact) mass is 301 g/mol. The Hall–Kier alpha value is -1.45. The van der Waals surface area contributed by atoms with Crippen LogP contribution in [0.5, 0.6) is 0 Å². The van der Waals surface area contributed by atoms with E-state index in [0.29, 0.717) is 23.3 Å². The number of aromatic nitrogens is 3. The Labute approximate surface area is 114 Å². The van der Waals surface area contributed by atoms with Gasteiger partial charge in [0.05, 0.1) is 5.75 Å². The predicted molar refractivity (Wildman–Crippen MR) is 69.3 cm³/mol. The number of thioether (sulfide) groups is 1. The normalized spacial score (nSPS) is 11.6. The van der Waals surface area contributed by atoms with Gasteiger partial charge in [-0.1, -0.05) is 11.8 Å². The van der Waals surface area contributed by atoms with Crippen molar-refractivity contribution in [2.24, 2.45) is 0 Å². The van der Waals surface area contributed by atoms with Gasteiger partial charge in [-0.2, -0.15) is 8.42 Å². The maximum absolute atomic E-state index is 10.5. The predicted octanol–water partition coefficient (Wildman–Crippen LogP) is 1.50. The maximum Gasteiger partial charge on any atom is 0.276 e. The summed E-state index contributed by atoms with van der Waals surface area (Å²) in [5.74, 6) is 0.586. The molecule has 0 aliphatic carbocycles. The minimum atomic E-state index is -3.90. The van der Waals surface area contributed by atoms with E-state index in [0.717, 1.165) is 5.56 Å². The van der Waals surface area contributed by atoms with Crippen LogP contribution in [-0.2, 0) is 10.1 Å². The third-order valence-corrected chi connectivity index (χ3v) is 3.82. The van der Waals surface area contributed by atoms with Crippen molar-refractivity contribution < 1.29 is 17.4 Å². The Kier molecular flexibility index (Phi) is 4.51. The summed E-state index contributed by atoms with van der Waals surface area (Å²) in [6.45, 7) is 0. The van der Waals surface area contributed by atoms with Crippen LogP contribution in [-0.4, -0.2) is 39.7 Å².